The van der Waals surface area contributed by atoms with Crippen molar-refractivity contribution in [1.29, 1.82) is 0 Å². The van der Waals surface area contributed by atoms with E-state index in [0.717, 1.165) is 32.6 Å². The van der Waals surface area contributed by atoms with Crippen LogP contribution in [0.3, 0.4) is 0 Å². The summed E-state index contributed by atoms with van der Waals surface area (Å²) in [5.41, 5.74) is -1.47. The van der Waals surface area contributed by atoms with Crippen LogP contribution in [0.4, 0.5) is 13.2 Å². The molecular weight excluding hydrogens is 512 g/mol. The van der Waals surface area contributed by atoms with Gasteiger partial charge in [-0.1, -0.05) is 0 Å². The molecule has 178 valence electrons. The first-order valence-corrected chi connectivity index (χ1v) is 14.9. The maximum absolute atomic E-state index is 13.4. The van der Waals surface area contributed by atoms with Crippen molar-refractivity contribution in [3.8, 4) is 0 Å². The Morgan fingerprint density at radius 2 is 1.29 bits per heavy atom. The quantitative estimate of drug-likeness (QED) is 0.263. The van der Waals surface area contributed by atoms with E-state index >= 15 is 0 Å². The van der Waals surface area contributed by atoms with Crippen molar-refractivity contribution in [3.05, 3.63) is 124 Å². The molecule has 0 spiro atoms. The number of thiazole rings is 1. The molecule has 0 saturated carbocycles. The van der Waals surface area contributed by atoms with E-state index in [1.54, 1.807) is 0 Å². The van der Waals surface area contributed by atoms with Crippen LogP contribution < -0.4 is 21.5 Å². The normalized spacial score (nSPS) is 13.4. The van der Waals surface area contributed by atoms with Crippen LogP contribution in [0.5, 0.6) is 0 Å². The second-order valence-electron chi connectivity index (χ2n) is 8.17. The molecule has 0 aliphatic rings. The Morgan fingerprint density at radius 3 is 1.71 bits per heavy atom. The summed E-state index contributed by atoms with van der Waals surface area (Å²) in [6.07, 6.45) is -4.49. The van der Waals surface area contributed by atoms with E-state index < -0.39 is 23.4 Å². The standard InChI is InChI=1S/C26H19ClF3N2OPS/c27-34(20-10-4-1-5-11-20,21-12-6-2-7-13-21,22-14-8-3-9-15-22)17-19-16-24(33)32-23(26(28,29)30)18-35-25(32)31-19/h1-16,18H,17H2. The van der Waals surface area contributed by atoms with Crippen LogP contribution in [0.2, 0.25) is 0 Å². The third kappa shape index (κ3) is 3.88. The number of rotatable bonds is 5. The van der Waals surface area contributed by atoms with Gasteiger partial charge < -0.3 is 0 Å². The van der Waals surface area contributed by atoms with Gasteiger partial charge in [-0.05, 0) is 0 Å². The molecule has 0 radical (unpaired) electrons. The Balaban J connectivity index is 1.82. The molecule has 0 amide bonds. The molecule has 0 aliphatic heterocycles. The average Bonchev–Trinajstić information content (AvgIpc) is 3.31. The number of halogens is 4. The van der Waals surface area contributed by atoms with Gasteiger partial charge >= 0.3 is 208 Å². The second-order valence-corrected chi connectivity index (χ2v) is 15.5. The molecule has 3 nitrogen and oxygen atoms in total. The monoisotopic (exact) mass is 530 g/mol. The van der Waals surface area contributed by atoms with Gasteiger partial charge in [0, 0.05) is 0 Å². The Labute approximate surface area is 208 Å². The fourth-order valence-electron chi connectivity index (χ4n) is 4.48. The SMILES string of the molecule is O=c1cc(CP(Cl)(c2ccccc2)(c2ccccc2)c2ccccc2)nc2scc(C(F)(F)F)n12. The molecule has 9 heteroatoms. The molecule has 0 N–H and O–H groups in total. The summed E-state index contributed by atoms with van der Waals surface area (Å²) >= 11 is 8.78. The summed E-state index contributed by atoms with van der Waals surface area (Å²) < 4.78 is 40.9. The van der Waals surface area contributed by atoms with Gasteiger partial charge in [0.05, 0.1) is 0 Å². The van der Waals surface area contributed by atoms with Gasteiger partial charge in [-0.3, -0.25) is 0 Å². The van der Waals surface area contributed by atoms with Crippen LogP contribution in [0.1, 0.15) is 11.4 Å². The number of alkyl halides is 3. The first-order valence-electron chi connectivity index (χ1n) is 10.7. The predicted molar refractivity (Wildman–Crippen MR) is 139 cm³/mol. The Bertz CT molecular complexity index is 1450. The van der Waals surface area contributed by atoms with Gasteiger partial charge in [0.1, 0.15) is 0 Å². The molecule has 5 rings (SSSR count). The number of hydrogen-bond donors (Lipinski definition) is 0. The Hall–Kier alpha value is -2.99. The van der Waals surface area contributed by atoms with Crippen molar-refractivity contribution >= 4 is 49.4 Å². The van der Waals surface area contributed by atoms with E-state index in [1.165, 1.54) is 6.07 Å². The number of hydrogen-bond acceptors (Lipinski definition) is 3. The van der Waals surface area contributed by atoms with Crippen molar-refractivity contribution in [3.63, 3.8) is 0 Å². The maximum atomic E-state index is 13.4. The van der Waals surface area contributed by atoms with E-state index in [0.29, 0.717) is 10.1 Å². The summed E-state index contributed by atoms with van der Waals surface area (Å²) in [7, 11) is 0. The molecule has 0 bridgehead atoms. The van der Waals surface area contributed by atoms with E-state index in [2.05, 4.69) is 4.98 Å². The topological polar surface area (TPSA) is 34.4 Å². The first-order chi connectivity index (χ1) is 16.7. The molecule has 0 aliphatic carbocycles. The van der Waals surface area contributed by atoms with E-state index in [-0.39, 0.29) is 11.1 Å². The molecule has 35 heavy (non-hydrogen) atoms. The van der Waals surface area contributed by atoms with E-state index in [9.17, 15) is 18.0 Å². The van der Waals surface area contributed by atoms with Gasteiger partial charge in [-0.2, -0.15) is 0 Å². The predicted octanol–water partition coefficient (Wildman–Crippen LogP) is 5.96. The molecule has 2 heterocycles. The third-order valence-corrected chi connectivity index (χ3v) is 14.1. The van der Waals surface area contributed by atoms with E-state index in [1.807, 2.05) is 91.0 Å². The van der Waals surface area contributed by atoms with Gasteiger partial charge in [-0.15, -0.1) is 0 Å². The Kier molecular flexibility index (Phi) is 5.83. The number of nitrogens with zero attached hydrogens (tertiary/aromatic N) is 2. The zero-order valence-electron chi connectivity index (χ0n) is 18.2. The molecule has 3 aromatic carbocycles. The number of aromatic nitrogens is 2. The molecule has 0 saturated heterocycles. The van der Waals surface area contributed by atoms with Gasteiger partial charge in [-0.25, -0.2) is 0 Å². The second kappa shape index (κ2) is 8.59. The van der Waals surface area contributed by atoms with Crippen molar-refractivity contribution < 1.29 is 13.2 Å². The minimum absolute atomic E-state index is 0.0178. The van der Waals surface area contributed by atoms with Crippen LogP contribution in [-0.2, 0) is 12.3 Å². The molecule has 2 aromatic heterocycles. The van der Waals surface area contributed by atoms with Gasteiger partial charge in [0.25, 0.3) is 0 Å². The van der Waals surface area contributed by atoms with Gasteiger partial charge in [0.15, 0.2) is 0 Å². The summed E-state index contributed by atoms with van der Waals surface area (Å²) in [5.74, 6) is -3.78. The molecular formula is C26H19ClF3N2OPS. The summed E-state index contributed by atoms with van der Waals surface area (Å²) in [6, 6.07) is 30.1. The first kappa shape index (κ1) is 23.7. The Morgan fingerprint density at radius 1 is 0.829 bits per heavy atom. The summed E-state index contributed by atoms with van der Waals surface area (Å²) in [4.78, 5) is 17.4. The number of fused-ring (bicyclic) bond motifs is 1. The molecule has 5 aromatic rings. The van der Waals surface area contributed by atoms with E-state index in [4.69, 9.17) is 11.2 Å². The molecule has 0 unspecified atom stereocenters. The average molecular weight is 531 g/mol. The molecule has 0 atom stereocenters. The van der Waals surface area contributed by atoms with Crippen molar-refractivity contribution in [2.45, 2.75) is 12.3 Å². The van der Waals surface area contributed by atoms with Gasteiger partial charge in [0.2, 0.25) is 0 Å². The minimum atomic E-state index is -4.66. The van der Waals surface area contributed by atoms with Crippen molar-refractivity contribution in [2.24, 2.45) is 0 Å². The van der Waals surface area contributed by atoms with Crippen molar-refractivity contribution in [2.75, 3.05) is 0 Å². The number of benzene rings is 3. The fourth-order valence-corrected chi connectivity index (χ4v) is 11.4. The van der Waals surface area contributed by atoms with Crippen LogP contribution in [-0.4, -0.2) is 9.38 Å². The zero-order valence-corrected chi connectivity index (χ0v) is 20.7. The summed E-state index contributed by atoms with van der Waals surface area (Å²) in [5, 5.41) is 3.55. The van der Waals surface area contributed by atoms with Crippen LogP contribution in [0, 0.1) is 0 Å². The molecule has 0 fully saturated rings. The third-order valence-electron chi connectivity index (χ3n) is 6.09. The van der Waals surface area contributed by atoms with Crippen LogP contribution >= 0.6 is 28.5 Å². The zero-order chi connectivity index (χ0) is 24.7. The fraction of sp³-hybridized carbons (Fsp3) is 0.0769. The van der Waals surface area contributed by atoms with Crippen molar-refractivity contribution in [1.82, 2.24) is 9.38 Å². The summed E-state index contributed by atoms with van der Waals surface area (Å²) in [6.45, 7) is 0. The van der Waals surface area contributed by atoms with Crippen LogP contribution in [0.25, 0.3) is 4.96 Å². The van der Waals surface area contributed by atoms with Crippen LogP contribution in [0.15, 0.2) is 107 Å².